The summed E-state index contributed by atoms with van der Waals surface area (Å²) in [5, 5.41) is 7.65. The van der Waals surface area contributed by atoms with Crippen LogP contribution < -0.4 is 4.90 Å². The lowest BCUT2D eigenvalue weighted by Gasteiger charge is -2.26. The van der Waals surface area contributed by atoms with Gasteiger partial charge in [-0.25, -0.2) is 0 Å². The van der Waals surface area contributed by atoms with Gasteiger partial charge >= 0.3 is 0 Å². The van der Waals surface area contributed by atoms with Crippen molar-refractivity contribution in [2.45, 2.75) is 0 Å². The number of hydrogen-bond donors (Lipinski definition) is 0. The molecule has 3 nitrogen and oxygen atoms in total. The Bertz CT molecular complexity index is 3980. The first-order valence-corrected chi connectivity index (χ1v) is 24.7. The number of aromatic nitrogens is 2. The van der Waals surface area contributed by atoms with Crippen molar-refractivity contribution in [2.24, 2.45) is 0 Å². The Balaban J connectivity index is 0.872. The zero-order valence-electron chi connectivity index (χ0n) is 38.1. The zero-order chi connectivity index (χ0) is 46.1. The second kappa shape index (κ2) is 16.4. The van der Waals surface area contributed by atoms with E-state index in [9.17, 15) is 0 Å². The van der Waals surface area contributed by atoms with E-state index < -0.39 is 0 Å². The van der Waals surface area contributed by atoms with Crippen LogP contribution in [0.4, 0.5) is 17.1 Å². The summed E-state index contributed by atoms with van der Waals surface area (Å²) in [4.78, 5) is 2.38. The van der Waals surface area contributed by atoms with Crippen LogP contribution in [-0.2, 0) is 0 Å². The van der Waals surface area contributed by atoms with Gasteiger partial charge in [0.25, 0.3) is 0 Å². The Morgan fingerprint density at radius 2 is 0.600 bits per heavy atom. The summed E-state index contributed by atoms with van der Waals surface area (Å²) in [5.41, 5.74) is 17.4. The van der Waals surface area contributed by atoms with Crippen molar-refractivity contribution >= 4 is 92.2 Å². The molecule has 0 radical (unpaired) electrons. The molecule has 0 fully saturated rings. The quantitative estimate of drug-likeness (QED) is 0.148. The number of nitrogens with zero attached hydrogens (tertiary/aromatic N) is 3. The molecule has 14 aromatic rings. The number of para-hydroxylation sites is 6. The molecule has 70 heavy (non-hydrogen) atoms. The SMILES string of the molecule is c1ccc(-n2c3ccccc3c3ccccc32)c(-c2ccc(N(c3ccc(-c4ccc5sc6ccccc6c5c4)cc3)c3ccc(-c4ccccc4-n4c5ccccc5c5ccccc54)cc3)cc2)c1. The Morgan fingerprint density at radius 1 is 0.257 bits per heavy atom. The van der Waals surface area contributed by atoms with Crippen molar-refractivity contribution in [1.82, 2.24) is 9.13 Å². The van der Waals surface area contributed by atoms with Crippen molar-refractivity contribution in [3.8, 4) is 44.8 Å². The van der Waals surface area contributed by atoms with E-state index in [0.717, 1.165) is 39.6 Å². The van der Waals surface area contributed by atoms with Gasteiger partial charge in [-0.2, -0.15) is 0 Å². The topological polar surface area (TPSA) is 13.1 Å². The van der Waals surface area contributed by atoms with Gasteiger partial charge in [-0.1, -0.05) is 170 Å². The van der Waals surface area contributed by atoms with Crippen LogP contribution in [-0.4, -0.2) is 9.13 Å². The van der Waals surface area contributed by atoms with Gasteiger partial charge in [-0.05, 0) is 113 Å². The van der Waals surface area contributed by atoms with Crippen molar-refractivity contribution in [1.29, 1.82) is 0 Å². The zero-order valence-corrected chi connectivity index (χ0v) is 38.9. The highest BCUT2D eigenvalue weighted by molar-refractivity contribution is 7.25. The summed E-state index contributed by atoms with van der Waals surface area (Å²) in [5.74, 6) is 0. The second-order valence-corrected chi connectivity index (χ2v) is 19.1. The monoisotopic (exact) mass is 909 g/mol. The van der Waals surface area contributed by atoms with Crippen LogP contribution in [0.3, 0.4) is 0 Å². The Hall–Kier alpha value is -8.96. The van der Waals surface area contributed by atoms with Crippen LogP contribution in [0.25, 0.3) is 109 Å². The van der Waals surface area contributed by atoms with E-state index in [0.29, 0.717) is 0 Å². The van der Waals surface area contributed by atoms with E-state index in [1.807, 2.05) is 11.3 Å². The van der Waals surface area contributed by atoms with Gasteiger partial charge in [0, 0.05) is 69.9 Å². The number of anilines is 3. The number of thiophene rings is 1. The first-order chi connectivity index (χ1) is 34.7. The summed E-state index contributed by atoms with van der Waals surface area (Å²) in [6.07, 6.45) is 0. The van der Waals surface area contributed by atoms with Crippen molar-refractivity contribution in [2.75, 3.05) is 4.90 Å². The van der Waals surface area contributed by atoms with Gasteiger partial charge in [-0.15, -0.1) is 11.3 Å². The fraction of sp³-hybridized carbons (Fsp3) is 0. The number of rotatable bonds is 8. The standard InChI is InChI=1S/C66H43N3S/c1-8-22-59(68-61-24-10-3-17-53(61)54-18-4-11-25-62(54)68)51(15-1)45-31-38-49(39-32-45)67(48-36-29-44(30-37-48)47-35-42-66-58(43-47)57-21-7-14-28-65(57)70-66)50-40-33-46(34-41-50)52-16-2-9-23-60(52)69-63-26-12-5-19-55(63)56-20-6-13-27-64(56)69/h1-43H. The first kappa shape index (κ1) is 40.1. The number of hydrogen-bond acceptors (Lipinski definition) is 2. The molecule has 0 aliphatic heterocycles. The van der Waals surface area contributed by atoms with Crippen molar-refractivity contribution in [3.63, 3.8) is 0 Å². The van der Waals surface area contributed by atoms with Crippen LogP contribution in [0.2, 0.25) is 0 Å². The molecule has 0 aliphatic rings. The molecule has 0 saturated carbocycles. The van der Waals surface area contributed by atoms with Gasteiger partial charge in [0.05, 0.1) is 33.4 Å². The van der Waals surface area contributed by atoms with Gasteiger partial charge in [0.1, 0.15) is 0 Å². The minimum atomic E-state index is 1.08. The molecule has 14 rings (SSSR count). The van der Waals surface area contributed by atoms with Crippen LogP contribution in [0, 0.1) is 0 Å². The molecule has 0 spiro atoms. The molecule has 4 heteroatoms. The minimum absolute atomic E-state index is 1.08. The lowest BCUT2D eigenvalue weighted by molar-refractivity contribution is 1.18. The Morgan fingerprint density at radius 3 is 1.06 bits per heavy atom. The highest BCUT2D eigenvalue weighted by Gasteiger charge is 2.19. The van der Waals surface area contributed by atoms with E-state index in [2.05, 4.69) is 275 Å². The molecule has 328 valence electrons. The molecule has 0 aliphatic carbocycles. The normalized spacial score (nSPS) is 11.7. The van der Waals surface area contributed by atoms with E-state index in [4.69, 9.17) is 0 Å². The van der Waals surface area contributed by atoms with Crippen LogP contribution in [0.15, 0.2) is 261 Å². The molecule has 11 aromatic carbocycles. The first-order valence-electron chi connectivity index (χ1n) is 23.9. The molecular weight excluding hydrogens is 867 g/mol. The highest BCUT2D eigenvalue weighted by atomic mass is 32.1. The van der Waals surface area contributed by atoms with Gasteiger partial charge in [-0.3, -0.25) is 0 Å². The number of benzene rings is 11. The van der Waals surface area contributed by atoms with Crippen LogP contribution in [0.5, 0.6) is 0 Å². The largest absolute Gasteiger partial charge is 0.311 e. The summed E-state index contributed by atoms with van der Waals surface area (Å²) < 4.78 is 7.47. The van der Waals surface area contributed by atoms with E-state index in [1.54, 1.807) is 0 Å². The molecule has 0 atom stereocenters. The third-order valence-corrected chi connectivity index (χ3v) is 15.3. The van der Waals surface area contributed by atoms with Crippen LogP contribution >= 0.6 is 11.3 Å². The van der Waals surface area contributed by atoms with Crippen molar-refractivity contribution < 1.29 is 0 Å². The predicted molar refractivity (Wildman–Crippen MR) is 299 cm³/mol. The third-order valence-electron chi connectivity index (χ3n) is 14.2. The minimum Gasteiger partial charge on any atom is -0.311 e. The average molecular weight is 910 g/mol. The number of fused-ring (bicyclic) bond motifs is 9. The van der Waals surface area contributed by atoms with E-state index in [1.165, 1.54) is 86.0 Å². The summed E-state index contributed by atoms with van der Waals surface area (Å²) >= 11 is 1.86. The second-order valence-electron chi connectivity index (χ2n) is 18.1. The Labute approximate surface area is 409 Å². The third kappa shape index (κ3) is 6.49. The molecule has 0 saturated heterocycles. The lowest BCUT2D eigenvalue weighted by Crippen LogP contribution is -2.10. The summed E-state index contributed by atoms with van der Waals surface area (Å²) in [6, 6.07) is 95.4. The van der Waals surface area contributed by atoms with Crippen molar-refractivity contribution in [3.05, 3.63) is 261 Å². The molecule has 0 amide bonds. The molecule has 3 heterocycles. The molecule has 0 bridgehead atoms. The molecule has 0 N–H and O–H groups in total. The molecule has 0 unspecified atom stereocenters. The Kier molecular flexibility index (Phi) is 9.39. The maximum atomic E-state index is 2.42. The van der Waals surface area contributed by atoms with E-state index >= 15 is 0 Å². The van der Waals surface area contributed by atoms with Gasteiger partial charge in [0.2, 0.25) is 0 Å². The summed E-state index contributed by atoms with van der Waals surface area (Å²) in [6.45, 7) is 0. The average Bonchev–Trinajstić information content (AvgIpc) is 4.09. The highest BCUT2D eigenvalue weighted by Crippen LogP contribution is 2.43. The van der Waals surface area contributed by atoms with Gasteiger partial charge in [0.15, 0.2) is 0 Å². The molecule has 3 aromatic heterocycles. The molecular formula is C66H43N3S. The fourth-order valence-electron chi connectivity index (χ4n) is 10.9. The maximum Gasteiger partial charge on any atom is 0.0541 e. The van der Waals surface area contributed by atoms with Crippen LogP contribution in [0.1, 0.15) is 0 Å². The fourth-order valence-corrected chi connectivity index (χ4v) is 12.0. The van der Waals surface area contributed by atoms with E-state index in [-0.39, 0.29) is 0 Å². The lowest BCUT2D eigenvalue weighted by atomic mass is 10.0. The predicted octanol–water partition coefficient (Wildman–Crippen LogP) is 18.7. The van der Waals surface area contributed by atoms with Gasteiger partial charge < -0.3 is 14.0 Å². The maximum absolute atomic E-state index is 2.42. The summed E-state index contributed by atoms with van der Waals surface area (Å²) in [7, 11) is 0. The smallest absolute Gasteiger partial charge is 0.0541 e.